The third kappa shape index (κ3) is 5.39. The first-order valence-corrected chi connectivity index (χ1v) is 17.4. The highest BCUT2D eigenvalue weighted by atomic mass is 16.7. The Morgan fingerprint density at radius 3 is 2.18 bits per heavy atom. The van der Waals surface area contributed by atoms with Crippen LogP contribution in [0.1, 0.15) is 107 Å². The number of fused-ring (bicyclic) bond motifs is 5. The van der Waals surface area contributed by atoms with Gasteiger partial charge in [-0.3, -0.25) is 0 Å². The lowest BCUT2D eigenvalue weighted by molar-refractivity contribution is -0.336. The van der Waals surface area contributed by atoms with Gasteiger partial charge in [0.25, 0.3) is 0 Å². The smallest absolute Gasteiger partial charge is 0.187 e. The van der Waals surface area contributed by atoms with E-state index in [4.69, 9.17) is 9.47 Å². The van der Waals surface area contributed by atoms with E-state index in [-0.39, 0.29) is 39.9 Å². The van der Waals surface area contributed by atoms with Gasteiger partial charge in [0, 0.05) is 0 Å². The summed E-state index contributed by atoms with van der Waals surface area (Å²) in [5.74, 6) is -0.154. The van der Waals surface area contributed by atoms with Crippen molar-refractivity contribution in [1.82, 2.24) is 0 Å². The van der Waals surface area contributed by atoms with Gasteiger partial charge >= 0.3 is 0 Å². The van der Waals surface area contributed by atoms with E-state index in [9.17, 15) is 35.7 Å². The van der Waals surface area contributed by atoms with Crippen molar-refractivity contribution < 1.29 is 45.2 Å². The van der Waals surface area contributed by atoms with Crippen LogP contribution in [0.3, 0.4) is 0 Å². The van der Waals surface area contributed by atoms with Crippen LogP contribution in [0.2, 0.25) is 0 Å². The van der Waals surface area contributed by atoms with E-state index < -0.39 is 66.6 Å². The molecule has 0 aromatic rings. The molecule has 0 unspecified atom stereocenters. The minimum atomic E-state index is -1.53. The largest absolute Gasteiger partial charge is 0.394 e. The molecule has 9 heteroatoms. The molecule has 1 heterocycles. The molecule has 1 aliphatic heterocycles. The lowest BCUT2D eigenvalue weighted by Crippen LogP contribution is -2.70. The molecule has 4 aliphatic carbocycles. The first-order chi connectivity index (χ1) is 20.8. The van der Waals surface area contributed by atoms with Crippen LogP contribution in [0.5, 0.6) is 0 Å². The van der Waals surface area contributed by atoms with E-state index >= 15 is 0 Å². The Balaban J connectivity index is 1.51. The fraction of sp³-hybridized carbons (Fsp3) is 0.944. The van der Waals surface area contributed by atoms with Crippen molar-refractivity contribution in [2.75, 3.05) is 6.61 Å². The molecule has 0 spiro atoms. The van der Waals surface area contributed by atoms with Gasteiger partial charge in [-0.15, -0.1) is 0 Å². The molecule has 5 fully saturated rings. The molecule has 16 atom stereocenters. The number of ether oxygens (including phenoxy) is 2. The molecule has 0 amide bonds. The molecule has 45 heavy (non-hydrogen) atoms. The first kappa shape index (κ1) is 35.7. The van der Waals surface area contributed by atoms with Crippen molar-refractivity contribution in [3.8, 4) is 0 Å². The number of hydrogen-bond donors (Lipinski definition) is 7. The normalized spacial score (nSPS) is 52.2. The fourth-order valence-electron chi connectivity index (χ4n) is 12.0. The average molecular weight is 639 g/mol. The fourth-order valence-corrected chi connectivity index (χ4v) is 12.0. The Kier molecular flexibility index (Phi) is 9.56. The van der Waals surface area contributed by atoms with Gasteiger partial charge < -0.3 is 45.2 Å². The van der Waals surface area contributed by atoms with Gasteiger partial charge in [-0.25, -0.2) is 0 Å². The number of aliphatic hydroxyl groups excluding tert-OH is 7. The minimum Gasteiger partial charge on any atom is -0.394 e. The Hall–Kier alpha value is -0.620. The Bertz CT molecular complexity index is 1110. The predicted molar refractivity (Wildman–Crippen MR) is 170 cm³/mol. The topological polar surface area (TPSA) is 160 Å². The standard InChI is InChI=1S/C36H62O9/c1-19(2)10-9-13-36(8,45-31-29(43)28(42)27(41)23(18-37)44-31)20-11-15-34(6)26(20)21(38)16-24-33(5)14-12-25(40)32(3,4)30(33)22(39)17-35(24,34)7/h10,20-31,37-43H,9,11-18H2,1-8H3/t20-,21+,22-,23+,24+,25-,26-,27+,28-,29+,30-,31+,33+,34+,35+,36-/m0/s1. The van der Waals surface area contributed by atoms with Crippen LogP contribution in [0.4, 0.5) is 0 Å². The van der Waals surface area contributed by atoms with Gasteiger partial charge in [0.2, 0.25) is 0 Å². The lowest BCUT2D eigenvalue weighted by atomic mass is 9.34. The molecular weight excluding hydrogens is 576 g/mol. The van der Waals surface area contributed by atoms with Crippen LogP contribution in [-0.4, -0.2) is 97.0 Å². The molecule has 4 saturated carbocycles. The van der Waals surface area contributed by atoms with Crippen LogP contribution in [0.15, 0.2) is 11.6 Å². The third-order valence-electron chi connectivity index (χ3n) is 14.5. The Labute approximate surface area is 270 Å². The summed E-state index contributed by atoms with van der Waals surface area (Å²) in [5, 5.41) is 76.9. The van der Waals surface area contributed by atoms with Crippen molar-refractivity contribution in [3.05, 3.63) is 11.6 Å². The maximum atomic E-state index is 12.2. The van der Waals surface area contributed by atoms with E-state index in [1.54, 1.807) is 0 Å². The van der Waals surface area contributed by atoms with E-state index in [0.29, 0.717) is 32.1 Å². The zero-order chi connectivity index (χ0) is 33.5. The van der Waals surface area contributed by atoms with Crippen molar-refractivity contribution in [2.24, 2.45) is 45.3 Å². The summed E-state index contributed by atoms with van der Waals surface area (Å²) in [7, 11) is 0. The number of allylic oxidation sites excluding steroid dienone is 2. The van der Waals surface area contributed by atoms with Gasteiger partial charge in [-0.2, -0.15) is 0 Å². The molecule has 5 aliphatic rings. The van der Waals surface area contributed by atoms with Crippen molar-refractivity contribution in [3.63, 3.8) is 0 Å². The Morgan fingerprint density at radius 1 is 0.889 bits per heavy atom. The van der Waals surface area contributed by atoms with Crippen LogP contribution in [-0.2, 0) is 9.47 Å². The molecule has 9 nitrogen and oxygen atoms in total. The maximum absolute atomic E-state index is 12.2. The van der Waals surface area contributed by atoms with Crippen LogP contribution in [0.25, 0.3) is 0 Å². The SMILES string of the molecule is CC(C)=CCC[C@](C)(O[C@H]1O[C@H](CO)[C@@H](O)[C@H](O)[C@H]1O)[C@H]1CC[C@]2(C)[C@@H]1[C@H](O)C[C@@H]1[C@@]3(C)CC[C@H](O)C(C)(C)[C@@H]3[C@@H](O)C[C@]12C. The first-order valence-electron chi connectivity index (χ1n) is 17.4. The summed E-state index contributed by atoms with van der Waals surface area (Å²) < 4.78 is 12.6. The van der Waals surface area contributed by atoms with E-state index in [1.807, 2.05) is 20.8 Å². The summed E-state index contributed by atoms with van der Waals surface area (Å²) in [6.45, 7) is 16.7. The lowest BCUT2D eigenvalue weighted by Gasteiger charge is -2.71. The van der Waals surface area contributed by atoms with Gasteiger partial charge in [0.05, 0.1) is 30.5 Å². The molecule has 1 saturated heterocycles. The number of aliphatic hydroxyl groups is 7. The van der Waals surface area contributed by atoms with Crippen LogP contribution < -0.4 is 0 Å². The molecule has 260 valence electrons. The summed E-state index contributed by atoms with van der Waals surface area (Å²) in [5.41, 5.74) is -0.944. The molecule has 0 bridgehead atoms. The summed E-state index contributed by atoms with van der Waals surface area (Å²) in [6.07, 6.45) is -0.678. The highest BCUT2D eigenvalue weighted by molar-refractivity contribution is 5.21. The molecule has 7 N–H and O–H groups in total. The average Bonchev–Trinajstić information content (AvgIpc) is 3.33. The monoisotopic (exact) mass is 638 g/mol. The summed E-state index contributed by atoms with van der Waals surface area (Å²) in [4.78, 5) is 0. The number of rotatable bonds is 7. The van der Waals surface area contributed by atoms with Gasteiger partial charge in [0.1, 0.15) is 24.4 Å². The highest BCUT2D eigenvalue weighted by Gasteiger charge is 2.73. The van der Waals surface area contributed by atoms with Crippen LogP contribution >= 0.6 is 0 Å². The second kappa shape index (κ2) is 12.1. The quantitative estimate of drug-likeness (QED) is 0.208. The van der Waals surface area contributed by atoms with E-state index in [0.717, 1.165) is 19.3 Å². The predicted octanol–water partition coefficient (Wildman–Crippen LogP) is 3.30. The number of hydrogen-bond acceptors (Lipinski definition) is 9. The third-order valence-corrected chi connectivity index (χ3v) is 14.5. The molecular formula is C36H62O9. The minimum absolute atomic E-state index is 0.0692. The highest BCUT2D eigenvalue weighted by Crippen LogP contribution is 2.76. The van der Waals surface area contributed by atoms with E-state index in [2.05, 4.69) is 40.7 Å². The van der Waals surface area contributed by atoms with Crippen molar-refractivity contribution >= 4 is 0 Å². The van der Waals surface area contributed by atoms with Crippen molar-refractivity contribution in [2.45, 2.75) is 161 Å². The zero-order valence-electron chi connectivity index (χ0n) is 28.8. The van der Waals surface area contributed by atoms with Gasteiger partial charge in [0.15, 0.2) is 6.29 Å². The summed E-state index contributed by atoms with van der Waals surface area (Å²) >= 11 is 0. The van der Waals surface area contributed by atoms with Gasteiger partial charge in [-0.05, 0) is 117 Å². The molecule has 0 radical (unpaired) electrons. The molecule has 0 aromatic carbocycles. The Morgan fingerprint density at radius 2 is 1.56 bits per heavy atom. The molecule has 0 aromatic heterocycles. The summed E-state index contributed by atoms with van der Waals surface area (Å²) in [6, 6.07) is 0. The van der Waals surface area contributed by atoms with Gasteiger partial charge in [-0.1, -0.05) is 46.3 Å². The molecule has 5 rings (SSSR count). The van der Waals surface area contributed by atoms with Crippen LogP contribution in [0, 0.1) is 45.3 Å². The second-order valence-corrected chi connectivity index (χ2v) is 17.4. The van der Waals surface area contributed by atoms with E-state index in [1.165, 1.54) is 5.57 Å². The second-order valence-electron chi connectivity index (χ2n) is 17.4. The van der Waals surface area contributed by atoms with Crippen molar-refractivity contribution in [1.29, 1.82) is 0 Å². The maximum Gasteiger partial charge on any atom is 0.187 e. The zero-order valence-corrected chi connectivity index (χ0v) is 28.8.